The van der Waals surface area contributed by atoms with Crippen LogP contribution in [0.1, 0.15) is 30.9 Å². The minimum absolute atomic E-state index is 0.0438. The van der Waals surface area contributed by atoms with Gasteiger partial charge in [0.15, 0.2) is 5.17 Å². The van der Waals surface area contributed by atoms with Crippen LogP contribution in [0.5, 0.6) is 0 Å². The summed E-state index contributed by atoms with van der Waals surface area (Å²) in [4.78, 5) is 31.8. The largest absolute Gasteiger partial charge is 0.326 e. The molecule has 1 atom stereocenters. The highest BCUT2D eigenvalue weighted by Gasteiger charge is 2.38. The van der Waals surface area contributed by atoms with Crippen molar-refractivity contribution in [2.24, 2.45) is 4.99 Å². The Morgan fingerprint density at radius 1 is 1.18 bits per heavy atom. The van der Waals surface area contributed by atoms with Crippen molar-refractivity contribution in [3.05, 3.63) is 59.7 Å². The minimum atomic E-state index is -0.445. The summed E-state index contributed by atoms with van der Waals surface area (Å²) in [6.45, 7) is 6.57. The molecule has 1 heterocycles. The van der Waals surface area contributed by atoms with Crippen LogP contribution in [0.3, 0.4) is 0 Å². The molecule has 0 bridgehead atoms. The Morgan fingerprint density at radius 2 is 1.93 bits per heavy atom. The standard InChI is InChI=1S/C22H25N3O2S/c1-4-12-25-21(27)19(28-22(25)23-17-8-6-5-7-9-17)14-20(26)24-18-13-15(2)10-11-16(18)3/h5-11,13,19H,4,12,14H2,1-3H3,(H,24,26). The van der Waals surface area contributed by atoms with Gasteiger partial charge < -0.3 is 5.32 Å². The molecule has 28 heavy (non-hydrogen) atoms. The van der Waals surface area contributed by atoms with E-state index in [1.54, 1.807) is 4.90 Å². The van der Waals surface area contributed by atoms with Crippen LogP contribution in [0, 0.1) is 13.8 Å². The van der Waals surface area contributed by atoms with E-state index in [1.165, 1.54) is 11.8 Å². The number of carbonyl (C=O) groups excluding carboxylic acids is 2. The second-order valence-electron chi connectivity index (χ2n) is 6.90. The number of amides is 2. The molecule has 0 aliphatic carbocycles. The lowest BCUT2D eigenvalue weighted by Crippen LogP contribution is -2.34. The first-order valence-corrected chi connectivity index (χ1v) is 10.3. The van der Waals surface area contributed by atoms with Gasteiger partial charge in [-0.2, -0.15) is 0 Å². The molecule has 1 aliphatic heterocycles. The first-order chi connectivity index (χ1) is 13.5. The van der Waals surface area contributed by atoms with Crippen LogP contribution in [0.25, 0.3) is 0 Å². The maximum atomic E-state index is 12.8. The van der Waals surface area contributed by atoms with Gasteiger partial charge in [0.1, 0.15) is 5.25 Å². The van der Waals surface area contributed by atoms with E-state index in [4.69, 9.17) is 0 Å². The summed E-state index contributed by atoms with van der Waals surface area (Å²) in [5, 5.41) is 3.17. The van der Waals surface area contributed by atoms with Gasteiger partial charge in [0.2, 0.25) is 11.8 Å². The van der Waals surface area contributed by atoms with Crippen molar-refractivity contribution in [2.75, 3.05) is 11.9 Å². The first kappa shape index (κ1) is 20.1. The van der Waals surface area contributed by atoms with Gasteiger partial charge in [0, 0.05) is 18.7 Å². The van der Waals surface area contributed by atoms with Gasteiger partial charge in [-0.15, -0.1) is 0 Å². The van der Waals surface area contributed by atoms with Crippen molar-refractivity contribution in [3.63, 3.8) is 0 Å². The van der Waals surface area contributed by atoms with E-state index in [9.17, 15) is 9.59 Å². The van der Waals surface area contributed by atoms with Crippen LogP contribution in [0.15, 0.2) is 53.5 Å². The monoisotopic (exact) mass is 395 g/mol. The van der Waals surface area contributed by atoms with Crippen molar-refractivity contribution in [3.8, 4) is 0 Å². The summed E-state index contributed by atoms with van der Waals surface area (Å²) < 4.78 is 0. The van der Waals surface area contributed by atoms with Crippen molar-refractivity contribution in [1.29, 1.82) is 0 Å². The quantitative estimate of drug-likeness (QED) is 0.773. The number of benzene rings is 2. The predicted octanol–water partition coefficient (Wildman–Crippen LogP) is 4.67. The van der Waals surface area contributed by atoms with E-state index >= 15 is 0 Å². The van der Waals surface area contributed by atoms with Gasteiger partial charge in [0.05, 0.1) is 5.69 Å². The van der Waals surface area contributed by atoms with Crippen molar-refractivity contribution in [1.82, 2.24) is 4.90 Å². The molecule has 0 saturated carbocycles. The third-order valence-corrected chi connectivity index (χ3v) is 5.66. The molecule has 1 fully saturated rings. The number of amidine groups is 1. The van der Waals surface area contributed by atoms with E-state index in [2.05, 4.69) is 10.3 Å². The molecule has 2 aromatic rings. The molecule has 0 spiro atoms. The van der Waals surface area contributed by atoms with Crippen molar-refractivity contribution < 1.29 is 9.59 Å². The maximum absolute atomic E-state index is 12.8. The number of carbonyl (C=O) groups is 2. The summed E-state index contributed by atoms with van der Waals surface area (Å²) in [6, 6.07) is 15.5. The van der Waals surface area contributed by atoms with E-state index in [-0.39, 0.29) is 18.2 Å². The predicted molar refractivity (Wildman–Crippen MR) is 116 cm³/mol. The van der Waals surface area contributed by atoms with Crippen LogP contribution >= 0.6 is 11.8 Å². The number of anilines is 1. The first-order valence-electron chi connectivity index (χ1n) is 9.47. The second-order valence-corrected chi connectivity index (χ2v) is 8.07. The molecule has 0 aromatic heterocycles. The molecule has 2 amide bonds. The Labute approximate surface area is 170 Å². The normalized spacial score (nSPS) is 18.0. The average molecular weight is 396 g/mol. The molecule has 6 heteroatoms. The van der Waals surface area contributed by atoms with Crippen molar-refractivity contribution >= 4 is 40.1 Å². The molecule has 5 nitrogen and oxygen atoms in total. The number of hydrogen-bond acceptors (Lipinski definition) is 4. The summed E-state index contributed by atoms with van der Waals surface area (Å²) in [5.41, 5.74) is 3.69. The molecule has 1 saturated heterocycles. The van der Waals surface area contributed by atoms with Gasteiger partial charge in [0.25, 0.3) is 0 Å². The number of thioether (sulfide) groups is 1. The van der Waals surface area contributed by atoms with Gasteiger partial charge >= 0.3 is 0 Å². The molecular weight excluding hydrogens is 370 g/mol. The average Bonchev–Trinajstić information content (AvgIpc) is 2.94. The van der Waals surface area contributed by atoms with E-state index in [0.29, 0.717) is 11.7 Å². The number of aliphatic imine (C=N–C) groups is 1. The number of rotatable bonds is 6. The topological polar surface area (TPSA) is 61.8 Å². The lowest BCUT2D eigenvalue weighted by atomic mass is 10.1. The molecule has 146 valence electrons. The number of hydrogen-bond donors (Lipinski definition) is 1. The third kappa shape index (κ3) is 4.81. The Kier molecular flexibility index (Phi) is 6.52. The summed E-state index contributed by atoms with van der Waals surface area (Å²) >= 11 is 1.37. The third-order valence-electron chi connectivity index (χ3n) is 4.49. The highest BCUT2D eigenvalue weighted by atomic mass is 32.2. The zero-order valence-electron chi connectivity index (χ0n) is 16.4. The summed E-state index contributed by atoms with van der Waals surface area (Å²) in [5.74, 6) is -0.199. The van der Waals surface area contributed by atoms with Gasteiger partial charge in [-0.25, -0.2) is 4.99 Å². The van der Waals surface area contributed by atoms with E-state index in [1.807, 2.05) is 69.3 Å². The minimum Gasteiger partial charge on any atom is -0.326 e. The fourth-order valence-corrected chi connectivity index (χ4v) is 4.19. The zero-order chi connectivity index (χ0) is 20.1. The molecule has 2 aromatic carbocycles. The SMILES string of the molecule is CCCN1C(=O)C(CC(=O)Nc2cc(C)ccc2C)SC1=Nc1ccccc1. The van der Waals surface area contributed by atoms with Crippen LogP contribution < -0.4 is 5.32 Å². The van der Waals surface area contributed by atoms with Crippen LogP contribution in [-0.2, 0) is 9.59 Å². The Bertz CT molecular complexity index is 896. The van der Waals surface area contributed by atoms with Gasteiger partial charge in [-0.3, -0.25) is 14.5 Å². The number of nitrogens with zero attached hydrogens (tertiary/aromatic N) is 2. The molecule has 3 rings (SSSR count). The highest BCUT2D eigenvalue weighted by molar-refractivity contribution is 8.15. The molecule has 1 aliphatic rings. The molecule has 0 radical (unpaired) electrons. The zero-order valence-corrected chi connectivity index (χ0v) is 17.3. The van der Waals surface area contributed by atoms with E-state index in [0.717, 1.165) is 28.9 Å². The van der Waals surface area contributed by atoms with E-state index < -0.39 is 5.25 Å². The number of para-hydroxylation sites is 1. The Morgan fingerprint density at radius 3 is 2.64 bits per heavy atom. The van der Waals surface area contributed by atoms with Gasteiger partial charge in [-0.1, -0.05) is 49.0 Å². The highest BCUT2D eigenvalue weighted by Crippen LogP contribution is 2.32. The second kappa shape index (κ2) is 9.06. The van der Waals surface area contributed by atoms with Crippen molar-refractivity contribution in [2.45, 2.75) is 38.9 Å². The summed E-state index contributed by atoms with van der Waals surface area (Å²) in [7, 11) is 0. The molecular formula is C22H25N3O2S. The lowest BCUT2D eigenvalue weighted by molar-refractivity contribution is -0.128. The van der Waals surface area contributed by atoms with Crippen LogP contribution in [0.4, 0.5) is 11.4 Å². The Hall–Kier alpha value is -2.60. The smallest absolute Gasteiger partial charge is 0.242 e. The van der Waals surface area contributed by atoms with Gasteiger partial charge in [-0.05, 0) is 49.6 Å². The molecule has 1 N–H and O–H groups in total. The number of aryl methyl sites for hydroxylation is 2. The Balaban J connectivity index is 1.73. The van der Waals surface area contributed by atoms with Crippen LogP contribution in [-0.4, -0.2) is 33.7 Å². The summed E-state index contributed by atoms with van der Waals surface area (Å²) in [6.07, 6.45) is 0.965. The number of nitrogens with one attached hydrogen (secondary N) is 1. The van der Waals surface area contributed by atoms with Crippen LogP contribution in [0.2, 0.25) is 0 Å². The lowest BCUT2D eigenvalue weighted by Gasteiger charge is -2.15. The molecule has 1 unspecified atom stereocenters. The maximum Gasteiger partial charge on any atom is 0.242 e. The fraction of sp³-hybridized carbons (Fsp3) is 0.318. The fourth-order valence-electron chi connectivity index (χ4n) is 3.01.